The topological polar surface area (TPSA) is 45.7 Å². The first kappa shape index (κ1) is 17.4. The summed E-state index contributed by atoms with van der Waals surface area (Å²) in [4.78, 5) is 4.26. The van der Waals surface area contributed by atoms with E-state index in [9.17, 15) is 8.78 Å². The minimum atomic E-state index is -0.472. The van der Waals surface area contributed by atoms with Crippen LogP contribution in [0.15, 0.2) is 23.2 Å². The molecule has 4 nitrogen and oxygen atoms in total. The van der Waals surface area contributed by atoms with Crippen LogP contribution in [0, 0.1) is 11.6 Å². The highest BCUT2D eigenvalue weighted by Crippen LogP contribution is 2.10. The molecule has 21 heavy (non-hydrogen) atoms. The van der Waals surface area contributed by atoms with Crippen LogP contribution in [-0.4, -0.2) is 31.8 Å². The number of nitrogens with one attached hydrogen (secondary N) is 2. The maximum Gasteiger partial charge on any atom is 0.191 e. The molecular weight excluding hydrogens is 276 g/mol. The molecule has 0 heterocycles. The van der Waals surface area contributed by atoms with Crippen LogP contribution >= 0.6 is 0 Å². The summed E-state index contributed by atoms with van der Waals surface area (Å²) in [6, 6.07) is 3.35. The lowest BCUT2D eigenvalue weighted by Crippen LogP contribution is -2.45. The smallest absolute Gasteiger partial charge is 0.191 e. The molecule has 0 unspecified atom stereocenters. The van der Waals surface area contributed by atoms with Gasteiger partial charge < -0.3 is 15.4 Å². The minimum absolute atomic E-state index is 0.0618. The molecule has 0 aliphatic heterocycles. The summed E-state index contributed by atoms with van der Waals surface area (Å²) in [6.07, 6.45) is 0. The molecule has 0 bridgehead atoms. The first-order valence-electron chi connectivity index (χ1n) is 6.89. The van der Waals surface area contributed by atoms with Crippen molar-refractivity contribution in [2.75, 3.05) is 20.2 Å². The minimum Gasteiger partial charge on any atom is -0.377 e. The maximum absolute atomic E-state index is 13.5. The van der Waals surface area contributed by atoms with Gasteiger partial charge in [0.1, 0.15) is 11.6 Å². The van der Waals surface area contributed by atoms with Gasteiger partial charge in [-0.3, -0.25) is 0 Å². The number of guanidine groups is 1. The molecule has 0 fully saturated rings. The Kier molecular flexibility index (Phi) is 6.55. The molecule has 1 aromatic carbocycles. The third-order valence-corrected chi connectivity index (χ3v) is 2.99. The summed E-state index contributed by atoms with van der Waals surface area (Å²) in [5, 5.41) is 6.16. The number of aliphatic imine (C=N–C) groups is 1. The van der Waals surface area contributed by atoms with Gasteiger partial charge in [-0.05, 0) is 39.0 Å². The number of methoxy groups -OCH3 is 1. The molecule has 0 spiro atoms. The van der Waals surface area contributed by atoms with Crippen LogP contribution in [0.4, 0.5) is 8.78 Å². The number of hydrogen-bond acceptors (Lipinski definition) is 2. The fourth-order valence-electron chi connectivity index (χ4n) is 1.54. The molecule has 0 radical (unpaired) electrons. The Morgan fingerprint density at radius 1 is 1.29 bits per heavy atom. The zero-order valence-electron chi connectivity index (χ0n) is 13.0. The molecule has 1 rings (SSSR count). The van der Waals surface area contributed by atoms with Crippen molar-refractivity contribution >= 4 is 5.96 Å². The van der Waals surface area contributed by atoms with E-state index in [4.69, 9.17) is 4.74 Å². The Morgan fingerprint density at radius 3 is 2.62 bits per heavy atom. The second-order valence-corrected chi connectivity index (χ2v) is 5.25. The lowest BCUT2D eigenvalue weighted by atomic mass is 10.1. The monoisotopic (exact) mass is 299 g/mol. The molecule has 118 valence electrons. The van der Waals surface area contributed by atoms with Gasteiger partial charge in [-0.1, -0.05) is 0 Å². The lowest BCUT2D eigenvalue weighted by molar-refractivity contribution is 0.0268. The van der Waals surface area contributed by atoms with Crippen molar-refractivity contribution in [2.45, 2.75) is 32.9 Å². The predicted octanol–water partition coefficient (Wildman–Crippen LogP) is 2.44. The van der Waals surface area contributed by atoms with E-state index in [1.807, 2.05) is 20.8 Å². The first-order chi connectivity index (χ1) is 9.88. The molecular formula is C15H23F2N3O. The van der Waals surface area contributed by atoms with E-state index in [-0.39, 0.29) is 17.7 Å². The Labute approximate surface area is 124 Å². The summed E-state index contributed by atoms with van der Waals surface area (Å²) in [6.45, 7) is 7.09. The zero-order valence-corrected chi connectivity index (χ0v) is 13.0. The van der Waals surface area contributed by atoms with Crippen molar-refractivity contribution in [1.29, 1.82) is 0 Å². The Morgan fingerprint density at radius 2 is 2.00 bits per heavy atom. The lowest BCUT2D eigenvalue weighted by Gasteiger charge is -2.24. The van der Waals surface area contributed by atoms with Crippen LogP contribution in [0.3, 0.4) is 0 Å². The summed E-state index contributed by atoms with van der Waals surface area (Å²) in [5.74, 6) is -0.403. The number of halogens is 2. The normalized spacial score (nSPS) is 12.4. The van der Waals surface area contributed by atoms with Crippen LogP contribution in [0.2, 0.25) is 0 Å². The standard InChI is InChI=1S/C15H23F2N3O/c1-5-18-14(20-10-15(2,3)21-4)19-9-11-8-12(16)6-7-13(11)17/h6-8H,5,9-10H2,1-4H3,(H2,18,19,20). The van der Waals surface area contributed by atoms with Gasteiger partial charge in [0.25, 0.3) is 0 Å². The Balaban J connectivity index is 2.73. The van der Waals surface area contributed by atoms with Crippen LogP contribution in [0.1, 0.15) is 26.3 Å². The van der Waals surface area contributed by atoms with Crippen LogP contribution < -0.4 is 10.6 Å². The quantitative estimate of drug-likeness (QED) is 0.626. The van der Waals surface area contributed by atoms with Gasteiger partial charge in [0, 0.05) is 25.8 Å². The average molecular weight is 299 g/mol. The zero-order chi connectivity index (χ0) is 15.9. The summed E-state index contributed by atoms with van der Waals surface area (Å²) < 4.78 is 32.0. The van der Waals surface area contributed by atoms with Gasteiger partial charge >= 0.3 is 0 Å². The second kappa shape index (κ2) is 7.93. The highest BCUT2D eigenvalue weighted by molar-refractivity contribution is 5.79. The van der Waals surface area contributed by atoms with E-state index in [1.54, 1.807) is 7.11 Å². The molecule has 0 saturated carbocycles. The fourth-order valence-corrected chi connectivity index (χ4v) is 1.54. The first-order valence-corrected chi connectivity index (χ1v) is 6.89. The average Bonchev–Trinajstić information content (AvgIpc) is 2.45. The Hall–Kier alpha value is -1.69. The third kappa shape index (κ3) is 6.08. The fraction of sp³-hybridized carbons (Fsp3) is 0.533. The van der Waals surface area contributed by atoms with Gasteiger partial charge in [-0.25, -0.2) is 13.8 Å². The number of hydrogen-bond donors (Lipinski definition) is 2. The summed E-state index contributed by atoms with van der Waals surface area (Å²) in [7, 11) is 1.63. The predicted molar refractivity (Wildman–Crippen MR) is 80.3 cm³/mol. The molecule has 0 saturated heterocycles. The maximum atomic E-state index is 13.5. The molecule has 0 aliphatic carbocycles. The van der Waals surface area contributed by atoms with Crippen LogP contribution in [0.5, 0.6) is 0 Å². The largest absolute Gasteiger partial charge is 0.377 e. The number of rotatable bonds is 6. The molecule has 0 atom stereocenters. The summed E-state index contributed by atoms with van der Waals surface area (Å²) in [5.41, 5.74) is -0.126. The van der Waals surface area contributed by atoms with Gasteiger partial charge in [0.2, 0.25) is 0 Å². The van der Waals surface area contributed by atoms with Crippen molar-refractivity contribution in [3.8, 4) is 0 Å². The molecule has 6 heteroatoms. The molecule has 2 N–H and O–H groups in total. The second-order valence-electron chi connectivity index (χ2n) is 5.25. The number of benzene rings is 1. The van der Waals surface area contributed by atoms with Crippen molar-refractivity contribution in [1.82, 2.24) is 10.6 Å². The van der Waals surface area contributed by atoms with Gasteiger partial charge in [0.05, 0.1) is 12.1 Å². The SMILES string of the molecule is CCNC(=NCc1cc(F)ccc1F)NCC(C)(C)OC. The molecule has 0 aromatic heterocycles. The van der Waals surface area contributed by atoms with Gasteiger partial charge in [-0.2, -0.15) is 0 Å². The van der Waals surface area contributed by atoms with Crippen molar-refractivity contribution in [3.63, 3.8) is 0 Å². The van der Waals surface area contributed by atoms with E-state index in [1.165, 1.54) is 0 Å². The van der Waals surface area contributed by atoms with E-state index < -0.39 is 11.6 Å². The van der Waals surface area contributed by atoms with E-state index in [0.717, 1.165) is 18.2 Å². The Bertz CT molecular complexity index is 490. The van der Waals surface area contributed by atoms with Crippen LogP contribution in [-0.2, 0) is 11.3 Å². The highest BCUT2D eigenvalue weighted by Gasteiger charge is 2.16. The van der Waals surface area contributed by atoms with Gasteiger partial charge in [0.15, 0.2) is 5.96 Å². The van der Waals surface area contributed by atoms with E-state index in [2.05, 4.69) is 15.6 Å². The van der Waals surface area contributed by atoms with E-state index in [0.29, 0.717) is 19.0 Å². The molecule has 0 amide bonds. The van der Waals surface area contributed by atoms with Crippen molar-refractivity contribution in [2.24, 2.45) is 4.99 Å². The van der Waals surface area contributed by atoms with Crippen molar-refractivity contribution in [3.05, 3.63) is 35.4 Å². The molecule has 1 aromatic rings. The highest BCUT2D eigenvalue weighted by atomic mass is 19.1. The molecule has 0 aliphatic rings. The van der Waals surface area contributed by atoms with Crippen molar-refractivity contribution < 1.29 is 13.5 Å². The van der Waals surface area contributed by atoms with Gasteiger partial charge in [-0.15, -0.1) is 0 Å². The number of ether oxygens (including phenoxy) is 1. The third-order valence-electron chi connectivity index (χ3n) is 2.99. The number of nitrogens with zero attached hydrogens (tertiary/aromatic N) is 1. The summed E-state index contributed by atoms with van der Waals surface area (Å²) >= 11 is 0. The van der Waals surface area contributed by atoms with E-state index >= 15 is 0 Å². The van der Waals surface area contributed by atoms with Crippen LogP contribution in [0.25, 0.3) is 0 Å².